The molecule has 0 saturated carbocycles. The largest absolute Gasteiger partial charge is 0.492 e. The Morgan fingerprint density at radius 3 is 3.04 bits per heavy atom. The van der Waals surface area contributed by atoms with E-state index in [0.717, 1.165) is 22.6 Å². The molecule has 1 amide bonds. The second kappa shape index (κ2) is 6.92. The van der Waals surface area contributed by atoms with Crippen molar-refractivity contribution in [1.82, 2.24) is 5.32 Å². The van der Waals surface area contributed by atoms with Gasteiger partial charge >= 0.3 is 0 Å². The molecule has 2 aromatic rings. The Balaban J connectivity index is 1.44. The molecule has 0 saturated heterocycles. The van der Waals surface area contributed by atoms with Gasteiger partial charge in [-0.05, 0) is 48.4 Å². The molecule has 0 spiro atoms. The van der Waals surface area contributed by atoms with E-state index in [9.17, 15) is 4.79 Å². The lowest BCUT2D eigenvalue weighted by molar-refractivity contribution is -0.127. The third-order valence-corrected chi connectivity index (χ3v) is 3.88. The second-order valence-electron chi connectivity index (χ2n) is 5.52. The fraction of sp³-hybridized carbons (Fsp3) is 0.278. The predicted octanol–water partition coefficient (Wildman–Crippen LogP) is 3.15. The summed E-state index contributed by atoms with van der Waals surface area (Å²) >= 11 is 5.95. The third-order valence-electron chi connectivity index (χ3n) is 3.65. The van der Waals surface area contributed by atoms with Gasteiger partial charge in [0.15, 0.2) is 6.10 Å². The molecule has 1 heterocycles. The van der Waals surface area contributed by atoms with Gasteiger partial charge in [-0.1, -0.05) is 23.7 Å². The molecule has 1 unspecified atom stereocenters. The highest BCUT2D eigenvalue weighted by molar-refractivity contribution is 6.30. The van der Waals surface area contributed by atoms with E-state index in [0.29, 0.717) is 24.6 Å². The van der Waals surface area contributed by atoms with Crippen molar-refractivity contribution in [2.75, 3.05) is 13.2 Å². The van der Waals surface area contributed by atoms with Crippen LogP contribution in [-0.4, -0.2) is 25.2 Å². The first-order chi connectivity index (χ1) is 11.1. The van der Waals surface area contributed by atoms with Crippen LogP contribution < -0.4 is 14.8 Å². The number of carbonyl (C=O) groups is 1. The topological polar surface area (TPSA) is 47.6 Å². The van der Waals surface area contributed by atoms with Gasteiger partial charge in [-0.15, -0.1) is 0 Å². The summed E-state index contributed by atoms with van der Waals surface area (Å²) in [5.74, 6) is 1.40. The van der Waals surface area contributed by atoms with Crippen molar-refractivity contribution in [2.24, 2.45) is 0 Å². The number of carbonyl (C=O) groups excluding carboxylic acids is 1. The van der Waals surface area contributed by atoms with Gasteiger partial charge in [0.2, 0.25) is 0 Å². The van der Waals surface area contributed by atoms with Gasteiger partial charge < -0.3 is 14.8 Å². The first-order valence-electron chi connectivity index (χ1n) is 7.54. The molecular formula is C18H18ClNO3. The van der Waals surface area contributed by atoms with Crippen LogP contribution in [0.15, 0.2) is 42.5 Å². The minimum atomic E-state index is -0.498. The Kier molecular flexibility index (Phi) is 4.72. The summed E-state index contributed by atoms with van der Waals surface area (Å²) in [6.07, 6.45) is 0.0444. The van der Waals surface area contributed by atoms with Crippen molar-refractivity contribution in [3.63, 3.8) is 0 Å². The quantitative estimate of drug-likeness (QED) is 0.856. The molecule has 120 valence electrons. The number of hydrogen-bond donors (Lipinski definition) is 1. The molecule has 1 aliphatic rings. The summed E-state index contributed by atoms with van der Waals surface area (Å²) in [5, 5.41) is 3.49. The van der Waals surface area contributed by atoms with E-state index in [-0.39, 0.29) is 5.91 Å². The zero-order valence-corrected chi connectivity index (χ0v) is 13.6. The first-order valence-corrected chi connectivity index (χ1v) is 7.92. The molecule has 0 fully saturated rings. The van der Waals surface area contributed by atoms with Gasteiger partial charge in [-0.25, -0.2) is 0 Å². The monoisotopic (exact) mass is 331 g/mol. The van der Waals surface area contributed by atoms with Crippen LogP contribution >= 0.6 is 11.6 Å². The fourth-order valence-electron chi connectivity index (χ4n) is 2.53. The number of rotatable bonds is 5. The standard InChI is InChI=1S/C18H18ClNO3/c1-12-3-2-4-15(9-12)22-8-7-20-18(21)17-11-13-10-14(19)5-6-16(13)23-17/h2-6,9-10,17H,7-8,11H2,1H3,(H,20,21). The van der Waals surface area contributed by atoms with Crippen LogP contribution in [0.25, 0.3) is 0 Å². The molecule has 1 aliphatic heterocycles. The Hall–Kier alpha value is -2.20. The molecule has 2 aromatic carbocycles. The van der Waals surface area contributed by atoms with Crippen LogP contribution in [0.3, 0.4) is 0 Å². The van der Waals surface area contributed by atoms with Crippen molar-refractivity contribution in [1.29, 1.82) is 0 Å². The zero-order valence-electron chi connectivity index (χ0n) is 12.8. The van der Waals surface area contributed by atoms with E-state index < -0.39 is 6.10 Å². The number of fused-ring (bicyclic) bond motifs is 1. The Bertz CT molecular complexity index is 717. The summed E-state index contributed by atoms with van der Waals surface area (Å²) < 4.78 is 11.2. The Morgan fingerprint density at radius 2 is 2.22 bits per heavy atom. The number of halogens is 1. The van der Waals surface area contributed by atoms with Crippen molar-refractivity contribution in [3.8, 4) is 11.5 Å². The van der Waals surface area contributed by atoms with E-state index in [4.69, 9.17) is 21.1 Å². The predicted molar refractivity (Wildman–Crippen MR) is 89.3 cm³/mol. The van der Waals surface area contributed by atoms with E-state index >= 15 is 0 Å². The summed E-state index contributed by atoms with van der Waals surface area (Å²) in [4.78, 5) is 12.1. The van der Waals surface area contributed by atoms with Gasteiger partial charge in [0, 0.05) is 11.4 Å². The van der Waals surface area contributed by atoms with E-state index in [1.54, 1.807) is 12.1 Å². The normalized spacial score (nSPS) is 15.7. The van der Waals surface area contributed by atoms with Crippen LogP contribution in [0.5, 0.6) is 11.5 Å². The molecule has 0 radical (unpaired) electrons. The average molecular weight is 332 g/mol. The molecule has 5 heteroatoms. The average Bonchev–Trinajstić information content (AvgIpc) is 2.94. The highest BCUT2D eigenvalue weighted by Crippen LogP contribution is 2.31. The molecule has 0 aromatic heterocycles. The van der Waals surface area contributed by atoms with Crippen LogP contribution in [0.1, 0.15) is 11.1 Å². The van der Waals surface area contributed by atoms with Crippen LogP contribution in [0, 0.1) is 6.92 Å². The fourth-order valence-corrected chi connectivity index (χ4v) is 2.72. The Morgan fingerprint density at radius 1 is 1.35 bits per heavy atom. The maximum Gasteiger partial charge on any atom is 0.261 e. The molecule has 23 heavy (non-hydrogen) atoms. The van der Waals surface area contributed by atoms with Crippen molar-refractivity contribution < 1.29 is 14.3 Å². The first kappa shape index (κ1) is 15.7. The van der Waals surface area contributed by atoms with Gasteiger partial charge in [0.25, 0.3) is 5.91 Å². The SMILES string of the molecule is Cc1cccc(OCCNC(=O)C2Cc3cc(Cl)ccc3O2)c1. The maximum atomic E-state index is 12.1. The van der Waals surface area contributed by atoms with Crippen LogP contribution in [0.4, 0.5) is 0 Å². The van der Waals surface area contributed by atoms with Crippen molar-refractivity contribution >= 4 is 17.5 Å². The van der Waals surface area contributed by atoms with Crippen molar-refractivity contribution in [3.05, 3.63) is 58.6 Å². The summed E-state index contributed by atoms with van der Waals surface area (Å²) in [5.41, 5.74) is 2.11. The molecule has 1 atom stereocenters. The second-order valence-corrected chi connectivity index (χ2v) is 5.96. The number of hydrogen-bond acceptors (Lipinski definition) is 3. The summed E-state index contributed by atoms with van der Waals surface area (Å²) in [6, 6.07) is 13.2. The van der Waals surface area contributed by atoms with Crippen molar-refractivity contribution in [2.45, 2.75) is 19.4 Å². The molecular weight excluding hydrogens is 314 g/mol. The molecule has 0 bridgehead atoms. The lowest BCUT2D eigenvalue weighted by Gasteiger charge is -2.12. The number of benzene rings is 2. The Labute approximate surface area is 140 Å². The third kappa shape index (κ3) is 3.96. The molecule has 0 aliphatic carbocycles. The molecule has 1 N–H and O–H groups in total. The zero-order chi connectivity index (χ0) is 16.2. The number of ether oxygens (including phenoxy) is 2. The van der Waals surface area contributed by atoms with E-state index in [2.05, 4.69) is 5.32 Å². The smallest absolute Gasteiger partial charge is 0.261 e. The highest BCUT2D eigenvalue weighted by Gasteiger charge is 2.28. The number of nitrogens with one attached hydrogen (secondary N) is 1. The lowest BCUT2D eigenvalue weighted by Crippen LogP contribution is -2.39. The summed E-state index contributed by atoms with van der Waals surface area (Å²) in [7, 11) is 0. The maximum absolute atomic E-state index is 12.1. The van der Waals surface area contributed by atoms with Crippen LogP contribution in [-0.2, 0) is 11.2 Å². The van der Waals surface area contributed by atoms with Gasteiger partial charge in [0.05, 0.1) is 6.54 Å². The van der Waals surface area contributed by atoms with E-state index in [1.807, 2.05) is 37.3 Å². The van der Waals surface area contributed by atoms with E-state index in [1.165, 1.54) is 0 Å². The number of amides is 1. The van der Waals surface area contributed by atoms with Gasteiger partial charge in [0.1, 0.15) is 18.1 Å². The lowest BCUT2D eigenvalue weighted by atomic mass is 10.1. The van der Waals surface area contributed by atoms with Gasteiger partial charge in [-0.2, -0.15) is 0 Å². The molecule has 4 nitrogen and oxygen atoms in total. The highest BCUT2D eigenvalue weighted by atomic mass is 35.5. The minimum Gasteiger partial charge on any atom is -0.492 e. The molecule has 3 rings (SSSR count). The minimum absolute atomic E-state index is 0.134. The van der Waals surface area contributed by atoms with Gasteiger partial charge in [-0.3, -0.25) is 4.79 Å². The summed E-state index contributed by atoms with van der Waals surface area (Å²) in [6.45, 7) is 2.86. The number of aryl methyl sites for hydroxylation is 1. The van der Waals surface area contributed by atoms with Crippen LogP contribution in [0.2, 0.25) is 5.02 Å².